The van der Waals surface area contributed by atoms with E-state index in [2.05, 4.69) is 20.6 Å². The van der Waals surface area contributed by atoms with Crippen LogP contribution in [0.3, 0.4) is 0 Å². The molecule has 0 spiro atoms. The maximum absolute atomic E-state index is 13.3. The van der Waals surface area contributed by atoms with Crippen LogP contribution >= 0.6 is 0 Å². The van der Waals surface area contributed by atoms with E-state index in [1.165, 1.54) is 6.07 Å². The van der Waals surface area contributed by atoms with Crippen molar-refractivity contribution in [1.29, 1.82) is 0 Å². The highest BCUT2D eigenvalue weighted by Gasteiger charge is 2.25. The van der Waals surface area contributed by atoms with Gasteiger partial charge in [-0.25, -0.2) is 13.8 Å². The van der Waals surface area contributed by atoms with Gasteiger partial charge in [-0.15, -0.1) is 0 Å². The van der Waals surface area contributed by atoms with E-state index in [9.17, 15) is 13.6 Å². The van der Waals surface area contributed by atoms with E-state index in [0.29, 0.717) is 12.0 Å². The first-order chi connectivity index (χ1) is 14.7. The summed E-state index contributed by atoms with van der Waals surface area (Å²) in [5.74, 6) is -0.630. The average Bonchev–Trinajstić information content (AvgIpc) is 2.72. The Morgan fingerprint density at radius 1 is 1.13 bits per heavy atom. The van der Waals surface area contributed by atoms with E-state index < -0.39 is 11.6 Å². The zero-order valence-electron chi connectivity index (χ0n) is 18.5. The van der Waals surface area contributed by atoms with E-state index in [-0.39, 0.29) is 24.2 Å². The largest absolute Gasteiger partial charge is 0.362 e. The quantitative estimate of drug-likeness (QED) is 0.699. The van der Waals surface area contributed by atoms with Crippen molar-refractivity contribution in [3.63, 3.8) is 0 Å². The zero-order chi connectivity index (χ0) is 22.5. The lowest BCUT2D eigenvalue weighted by molar-refractivity contribution is -0.117. The summed E-state index contributed by atoms with van der Waals surface area (Å²) in [5.41, 5.74) is 1.28. The number of benzene rings is 1. The van der Waals surface area contributed by atoms with Crippen LogP contribution in [0.25, 0.3) is 0 Å². The van der Waals surface area contributed by atoms with E-state index >= 15 is 0 Å². The molecule has 1 aliphatic rings. The van der Waals surface area contributed by atoms with Crippen LogP contribution in [0, 0.1) is 18.6 Å². The molecular formula is C22H30F2N6O. The van der Waals surface area contributed by atoms with Gasteiger partial charge < -0.3 is 15.5 Å². The first kappa shape index (κ1) is 22.9. The predicted molar refractivity (Wildman–Crippen MR) is 118 cm³/mol. The molecule has 7 nitrogen and oxygen atoms in total. The molecule has 0 aliphatic heterocycles. The molecule has 0 radical (unpaired) electrons. The van der Waals surface area contributed by atoms with Crippen molar-refractivity contribution in [3.05, 3.63) is 41.6 Å². The van der Waals surface area contributed by atoms with Crippen LogP contribution < -0.4 is 15.5 Å². The van der Waals surface area contributed by atoms with Crippen molar-refractivity contribution >= 4 is 23.4 Å². The number of likely N-dealkylation sites (N-methyl/N-ethyl adjacent to an activating group) is 1. The molecule has 168 valence electrons. The lowest BCUT2D eigenvalue weighted by Gasteiger charge is -2.34. The van der Waals surface area contributed by atoms with Crippen LogP contribution in [0.4, 0.5) is 26.2 Å². The molecule has 3 rings (SSSR count). The van der Waals surface area contributed by atoms with Crippen molar-refractivity contribution in [1.82, 2.24) is 14.9 Å². The highest BCUT2D eigenvalue weighted by Crippen LogP contribution is 2.25. The Bertz CT molecular complexity index is 915. The summed E-state index contributed by atoms with van der Waals surface area (Å²) in [6.07, 6.45) is 5.62. The van der Waals surface area contributed by atoms with Crippen molar-refractivity contribution in [3.8, 4) is 0 Å². The minimum Gasteiger partial charge on any atom is -0.362 e. The molecule has 1 saturated carbocycles. The number of nitrogens with one attached hydrogen (secondary N) is 2. The number of aryl methyl sites for hydroxylation is 1. The van der Waals surface area contributed by atoms with Crippen molar-refractivity contribution < 1.29 is 13.6 Å². The number of rotatable bonds is 7. The monoisotopic (exact) mass is 432 g/mol. The fourth-order valence-corrected chi connectivity index (χ4v) is 3.93. The number of hydrogen-bond donors (Lipinski definition) is 2. The number of hydrogen-bond acceptors (Lipinski definition) is 6. The Balaban J connectivity index is 1.47. The topological polar surface area (TPSA) is 73.4 Å². The fraction of sp³-hybridized carbons (Fsp3) is 0.500. The second-order valence-corrected chi connectivity index (χ2v) is 8.34. The third kappa shape index (κ3) is 6.10. The van der Waals surface area contributed by atoms with Crippen molar-refractivity contribution in [2.75, 3.05) is 43.2 Å². The Labute approximate surface area is 181 Å². The first-order valence-corrected chi connectivity index (χ1v) is 10.5. The number of carbonyl (C=O) groups is 1. The molecule has 1 aliphatic carbocycles. The lowest BCUT2D eigenvalue weighted by atomic mass is 9.90. The number of halogens is 2. The SMILES string of the molecule is Cc1cnc(NC2CCC(N(C)CC(=O)Nc3ccc(F)c(F)c3)CC2)nc1N(C)C. The molecule has 0 unspecified atom stereocenters. The minimum atomic E-state index is -0.979. The van der Waals surface area contributed by atoms with Gasteiger partial charge in [-0.3, -0.25) is 9.69 Å². The normalized spacial score (nSPS) is 18.7. The molecule has 1 amide bonds. The van der Waals surface area contributed by atoms with Gasteiger partial charge in [0.25, 0.3) is 0 Å². The average molecular weight is 433 g/mol. The number of nitrogens with zero attached hydrogens (tertiary/aromatic N) is 4. The van der Waals surface area contributed by atoms with Crippen LogP contribution in [0.1, 0.15) is 31.2 Å². The van der Waals surface area contributed by atoms with E-state index in [4.69, 9.17) is 0 Å². The second-order valence-electron chi connectivity index (χ2n) is 8.34. The molecule has 1 aromatic heterocycles. The summed E-state index contributed by atoms with van der Waals surface area (Å²) in [5, 5.41) is 6.05. The summed E-state index contributed by atoms with van der Waals surface area (Å²) in [7, 11) is 5.83. The zero-order valence-corrected chi connectivity index (χ0v) is 18.5. The molecule has 0 atom stereocenters. The predicted octanol–water partition coefficient (Wildman–Crippen LogP) is 3.42. The summed E-state index contributed by atoms with van der Waals surface area (Å²) in [6, 6.07) is 3.91. The van der Waals surface area contributed by atoms with Crippen LogP contribution in [0.5, 0.6) is 0 Å². The fourth-order valence-electron chi connectivity index (χ4n) is 3.93. The maximum atomic E-state index is 13.3. The number of anilines is 3. The van der Waals surface area contributed by atoms with E-state index in [1.54, 1.807) is 0 Å². The molecule has 9 heteroatoms. The first-order valence-electron chi connectivity index (χ1n) is 10.5. The van der Waals surface area contributed by atoms with Gasteiger partial charge in [0.2, 0.25) is 11.9 Å². The molecule has 2 aromatic rings. The van der Waals surface area contributed by atoms with Crippen LogP contribution in [0.15, 0.2) is 24.4 Å². The molecule has 2 N–H and O–H groups in total. The van der Waals surface area contributed by atoms with Gasteiger partial charge in [0, 0.05) is 49.7 Å². The second kappa shape index (κ2) is 10.00. The van der Waals surface area contributed by atoms with Crippen molar-refractivity contribution in [2.45, 2.75) is 44.7 Å². The van der Waals surface area contributed by atoms with Crippen molar-refractivity contribution in [2.24, 2.45) is 0 Å². The third-order valence-corrected chi connectivity index (χ3v) is 5.62. The Kier molecular flexibility index (Phi) is 7.37. The van der Waals surface area contributed by atoms with Gasteiger partial charge in [-0.05, 0) is 51.8 Å². The van der Waals surface area contributed by atoms with Crippen LogP contribution in [0.2, 0.25) is 0 Å². The Hall–Kier alpha value is -2.81. The summed E-state index contributed by atoms with van der Waals surface area (Å²) < 4.78 is 26.3. The smallest absolute Gasteiger partial charge is 0.238 e. The third-order valence-electron chi connectivity index (χ3n) is 5.62. The number of aromatic nitrogens is 2. The molecule has 31 heavy (non-hydrogen) atoms. The number of carbonyl (C=O) groups excluding carboxylic acids is 1. The van der Waals surface area contributed by atoms with Gasteiger partial charge in [0.05, 0.1) is 6.54 Å². The lowest BCUT2D eigenvalue weighted by Crippen LogP contribution is -2.42. The molecule has 1 heterocycles. The van der Waals surface area contributed by atoms with Gasteiger partial charge in [-0.1, -0.05) is 0 Å². The van der Waals surface area contributed by atoms with Crippen LogP contribution in [-0.2, 0) is 4.79 Å². The molecule has 1 fully saturated rings. The van der Waals surface area contributed by atoms with Gasteiger partial charge >= 0.3 is 0 Å². The highest BCUT2D eigenvalue weighted by molar-refractivity contribution is 5.92. The van der Waals surface area contributed by atoms with E-state index in [1.807, 2.05) is 44.1 Å². The molecule has 1 aromatic carbocycles. The van der Waals surface area contributed by atoms with Crippen LogP contribution in [-0.4, -0.2) is 60.5 Å². The molecular weight excluding hydrogens is 402 g/mol. The molecule has 0 bridgehead atoms. The van der Waals surface area contributed by atoms with Gasteiger partial charge in [-0.2, -0.15) is 4.98 Å². The maximum Gasteiger partial charge on any atom is 0.238 e. The van der Waals surface area contributed by atoms with Gasteiger partial charge in [0.1, 0.15) is 5.82 Å². The van der Waals surface area contributed by atoms with Gasteiger partial charge in [0.15, 0.2) is 11.6 Å². The standard InChI is InChI=1S/C22H30F2N6O/c1-14-12-25-22(28-21(14)29(2)3)27-15-5-8-17(9-6-15)30(4)13-20(31)26-16-7-10-18(23)19(24)11-16/h7,10-12,15,17H,5-6,8-9,13H2,1-4H3,(H,26,31)(H,25,27,28). The Morgan fingerprint density at radius 3 is 2.48 bits per heavy atom. The molecule has 0 saturated heterocycles. The summed E-state index contributed by atoms with van der Waals surface area (Å²) in [4.78, 5) is 25.3. The summed E-state index contributed by atoms with van der Waals surface area (Å²) >= 11 is 0. The van der Waals surface area contributed by atoms with E-state index in [0.717, 1.165) is 49.2 Å². The summed E-state index contributed by atoms with van der Waals surface area (Å²) in [6.45, 7) is 2.18. The highest BCUT2D eigenvalue weighted by atomic mass is 19.2. The number of amides is 1. The Morgan fingerprint density at radius 2 is 1.84 bits per heavy atom. The minimum absolute atomic E-state index is 0.190.